The third-order valence-corrected chi connectivity index (χ3v) is 4.24. The lowest BCUT2D eigenvalue weighted by molar-refractivity contribution is 1.10. The molecule has 0 amide bonds. The number of hydrogen-bond donors (Lipinski definition) is 2. The molecule has 1 aromatic carbocycles. The largest absolute Gasteiger partial charge is 0.307 e. The van der Waals surface area contributed by atoms with Crippen LogP contribution in [-0.4, -0.2) is 4.98 Å². The van der Waals surface area contributed by atoms with Crippen LogP contribution in [0.25, 0.3) is 0 Å². The van der Waals surface area contributed by atoms with Crippen molar-refractivity contribution in [3.05, 3.63) is 51.5 Å². The van der Waals surface area contributed by atoms with E-state index in [0.717, 1.165) is 5.75 Å². The number of hydrogen-bond acceptors (Lipinski definition) is 4. The number of anilines is 1. The zero-order chi connectivity index (χ0) is 13.8. The smallest absolute Gasteiger partial charge is 0.160 e. The van der Waals surface area contributed by atoms with Crippen molar-refractivity contribution in [2.45, 2.75) is 17.7 Å². The predicted octanol–water partition coefficient (Wildman–Crippen LogP) is 4.27. The number of hydrazine groups is 1. The second-order valence-electron chi connectivity index (χ2n) is 4.03. The lowest BCUT2D eigenvalue weighted by Gasteiger charge is -2.08. The molecule has 0 aliphatic heterocycles. The number of aromatic nitrogens is 1. The number of halogens is 2. The van der Waals surface area contributed by atoms with E-state index in [1.165, 1.54) is 11.1 Å². The fourth-order valence-corrected chi connectivity index (χ4v) is 3.02. The SMILES string of the molecule is Cc1cccc(CSc2nc(NN)c(Cl)cc2Cl)c1. The number of rotatable bonds is 4. The molecule has 3 N–H and O–H groups in total. The van der Waals surface area contributed by atoms with Gasteiger partial charge in [-0.1, -0.05) is 53.0 Å². The molecule has 0 radical (unpaired) electrons. The minimum atomic E-state index is 0.410. The van der Waals surface area contributed by atoms with Crippen LogP contribution in [0.5, 0.6) is 0 Å². The summed E-state index contributed by atoms with van der Waals surface area (Å²) < 4.78 is 0. The van der Waals surface area contributed by atoms with Gasteiger partial charge in [0.15, 0.2) is 5.82 Å². The maximum Gasteiger partial charge on any atom is 0.160 e. The van der Waals surface area contributed by atoms with E-state index in [0.29, 0.717) is 20.9 Å². The van der Waals surface area contributed by atoms with Crippen LogP contribution >= 0.6 is 35.0 Å². The van der Waals surface area contributed by atoms with E-state index < -0.39 is 0 Å². The molecule has 1 heterocycles. The lowest BCUT2D eigenvalue weighted by atomic mass is 10.2. The maximum absolute atomic E-state index is 6.12. The molecule has 3 nitrogen and oxygen atoms in total. The monoisotopic (exact) mass is 313 g/mol. The Morgan fingerprint density at radius 3 is 2.74 bits per heavy atom. The van der Waals surface area contributed by atoms with E-state index in [1.54, 1.807) is 17.8 Å². The molecule has 0 unspecified atom stereocenters. The Hall–Kier alpha value is -0.940. The third-order valence-electron chi connectivity index (χ3n) is 2.49. The van der Waals surface area contributed by atoms with E-state index >= 15 is 0 Å². The first kappa shape index (κ1) is 14.5. The Balaban J connectivity index is 2.15. The van der Waals surface area contributed by atoms with Gasteiger partial charge in [0.25, 0.3) is 0 Å². The van der Waals surface area contributed by atoms with Crippen LogP contribution in [0.4, 0.5) is 5.82 Å². The molecule has 1 aromatic heterocycles. The van der Waals surface area contributed by atoms with E-state index in [9.17, 15) is 0 Å². The molecule has 19 heavy (non-hydrogen) atoms. The summed E-state index contributed by atoms with van der Waals surface area (Å²) in [5.74, 6) is 6.57. The van der Waals surface area contributed by atoms with Crippen molar-refractivity contribution in [2.75, 3.05) is 5.43 Å². The van der Waals surface area contributed by atoms with Gasteiger partial charge in [-0.2, -0.15) is 0 Å². The first-order valence-electron chi connectivity index (χ1n) is 5.61. The van der Waals surface area contributed by atoms with Crippen LogP contribution in [0.15, 0.2) is 35.4 Å². The summed E-state index contributed by atoms with van der Waals surface area (Å²) in [6, 6.07) is 9.96. The summed E-state index contributed by atoms with van der Waals surface area (Å²) in [7, 11) is 0. The van der Waals surface area contributed by atoms with Crippen LogP contribution in [0.2, 0.25) is 10.0 Å². The first-order chi connectivity index (χ1) is 9.10. The molecule has 0 aliphatic carbocycles. The fraction of sp³-hybridized carbons (Fsp3) is 0.154. The Labute approximate surface area is 126 Å². The normalized spacial score (nSPS) is 10.5. The molecule has 0 aliphatic rings. The summed E-state index contributed by atoms with van der Waals surface area (Å²) in [5.41, 5.74) is 4.91. The number of benzene rings is 1. The zero-order valence-electron chi connectivity index (χ0n) is 10.3. The van der Waals surface area contributed by atoms with Gasteiger partial charge in [-0.25, -0.2) is 10.8 Å². The molecule has 100 valence electrons. The fourth-order valence-electron chi connectivity index (χ4n) is 1.61. The van der Waals surface area contributed by atoms with Gasteiger partial charge >= 0.3 is 0 Å². The van der Waals surface area contributed by atoms with Gasteiger partial charge in [-0.15, -0.1) is 11.8 Å². The topological polar surface area (TPSA) is 50.9 Å². The highest BCUT2D eigenvalue weighted by Crippen LogP contribution is 2.33. The number of nitrogens with one attached hydrogen (secondary N) is 1. The number of thioether (sulfide) groups is 1. The zero-order valence-corrected chi connectivity index (χ0v) is 12.6. The van der Waals surface area contributed by atoms with Crippen molar-refractivity contribution in [3.63, 3.8) is 0 Å². The number of nitrogens with two attached hydrogens (primary N) is 1. The van der Waals surface area contributed by atoms with E-state index in [4.69, 9.17) is 29.0 Å². The van der Waals surface area contributed by atoms with Gasteiger partial charge in [0.1, 0.15) is 5.03 Å². The van der Waals surface area contributed by atoms with Gasteiger partial charge < -0.3 is 5.43 Å². The van der Waals surface area contributed by atoms with Crippen molar-refractivity contribution in [1.82, 2.24) is 4.98 Å². The van der Waals surface area contributed by atoms with E-state index in [2.05, 4.69) is 35.5 Å². The number of nitrogens with zero attached hydrogens (tertiary/aromatic N) is 1. The summed E-state index contributed by atoms with van der Waals surface area (Å²) >= 11 is 13.6. The Bertz CT molecular complexity index is 590. The van der Waals surface area contributed by atoms with E-state index in [1.807, 2.05) is 6.07 Å². The van der Waals surface area contributed by atoms with Crippen LogP contribution in [0.3, 0.4) is 0 Å². The van der Waals surface area contributed by atoms with Crippen molar-refractivity contribution in [3.8, 4) is 0 Å². The second kappa shape index (κ2) is 6.48. The minimum Gasteiger partial charge on any atom is -0.307 e. The highest BCUT2D eigenvalue weighted by Gasteiger charge is 2.09. The van der Waals surface area contributed by atoms with E-state index in [-0.39, 0.29) is 0 Å². The number of aryl methyl sites for hydroxylation is 1. The number of nitrogen functional groups attached to an aromatic ring is 1. The average Bonchev–Trinajstić information content (AvgIpc) is 2.38. The van der Waals surface area contributed by atoms with Crippen LogP contribution in [0, 0.1) is 6.92 Å². The van der Waals surface area contributed by atoms with Crippen LogP contribution in [-0.2, 0) is 5.75 Å². The Morgan fingerprint density at radius 1 is 1.26 bits per heavy atom. The van der Waals surface area contributed by atoms with Crippen LogP contribution < -0.4 is 11.3 Å². The molecule has 2 aromatic rings. The standard InChI is InChI=1S/C13H13Cl2N3S/c1-8-3-2-4-9(5-8)7-19-13-11(15)6-10(14)12(17-13)18-16/h2-6H,7,16H2,1H3,(H,17,18). The predicted molar refractivity (Wildman–Crippen MR) is 82.8 cm³/mol. The average molecular weight is 314 g/mol. The summed E-state index contributed by atoms with van der Waals surface area (Å²) in [5, 5.41) is 1.65. The molecule has 0 spiro atoms. The summed E-state index contributed by atoms with van der Waals surface area (Å²) in [4.78, 5) is 4.29. The Kier molecular flexibility index (Phi) is 4.93. The maximum atomic E-state index is 6.12. The Morgan fingerprint density at radius 2 is 2.05 bits per heavy atom. The molecule has 0 atom stereocenters. The van der Waals surface area contributed by atoms with Crippen molar-refractivity contribution >= 4 is 40.8 Å². The molecule has 0 fully saturated rings. The number of pyridine rings is 1. The summed E-state index contributed by atoms with van der Waals surface area (Å²) in [6.07, 6.45) is 0. The molecular formula is C13H13Cl2N3S. The van der Waals surface area contributed by atoms with Gasteiger partial charge in [0.05, 0.1) is 10.0 Å². The van der Waals surface area contributed by atoms with Crippen LogP contribution in [0.1, 0.15) is 11.1 Å². The molecular weight excluding hydrogens is 301 g/mol. The van der Waals surface area contributed by atoms with Gasteiger partial charge in [-0.05, 0) is 18.6 Å². The molecule has 6 heteroatoms. The van der Waals surface area contributed by atoms with Crippen molar-refractivity contribution in [2.24, 2.45) is 5.84 Å². The molecule has 0 saturated heterocycles. The lowest BCUT2D eigenvalue weighted by Crippen LogP contribution is -2.09. The third kappa shape index (κ3) is 3.76. The minimum absolute atomic E-state index is 0.410. The quantitative estimate of drug-likeness (QED) is 0.502. The van der Waals surface area contributed by atoms with Crippen molar-refractivity contribution < 1.29 is 0 Å². The highest BCUT2D eigenvalue weighted by atomic mass is 35.5. The first-order valence-corrected chi connectivity index (χ1v) is 7.35. The summed E-state index contributed by atoms with van der Waals surface area (Å²) in [6.45, 7) is 2.07. The molecule has 0 saturated carbocycles. The van der Waals surface area contributed by atoms with Crippen molar-refractivity contribution in [1.29, 1.82) is 0 Å². The molecule has 0 bridgehead atoms. The molecule has 2 rings (SSSR count). The second-order valence-corrected chi connectivity index (χ2v) is 5.81. The van der Waals surface area contributed by atoms with Gasteiger partial charge in [0.2, 0.25) is 0 Å². The van der Waals surface area contributed by atoms with Gasteiger partial charge in [-0.3, -0.25) is 0 Å². The van der Waals surface area contributed by atoms with Gasteiger partial charge in [0, 0.05) is 5.75 Å². The highest BCUT2D eigenvalue weighted by molar-refractivity contribution is 7.98.